The fourth-order valence-electron chi connectivity index (χ4n) is 1.11. The largest absolute Gasteiger partial charge is 0.481 e. The van der Waals surface area contributed by atoms with Crippen LogP contribution in [0, 0.1) is 5.92 Å². The number of aliphatic carboxylic acids is 1. The molecule has 0 spiro atoms. The monoisotopic (exact) mass is 130 g/mol. The maximum Gasteiger partial charge on any atom is 0.303 e. The number of aliphatic hydroxyl groups is 1. The van der Waals surface area contributed by atoms with Gasteiger partial charge in [0.2, 0.25) is 0 Å². The van der Waals surface area contributed by atoms with Crippen molar-refractivity contribution in [2.24, 2.45) is 5.92 Å². The van der Waals surface area contributed by atoms with Gasteiger partial charge in [0.05, 0.1) is 6.10 Å². The third-order valence-electron chi connectivity index (χ3n) is 1.67. The Bertz CT molecular complexity index is 115. The SMILES string of the molecule is O=C(O)CC1CC(O)C1. The number of hydrogen-bond acceptors (Lipinski definition) is 2. The second-order valence-corrected chi connectivity index (χ2v) is 2.59. The summed E-state index contributed by atoms with van der Waals surface area (Å²) >= 11 is 0. The Morgan fingerprint density at radius 3 is 2.44 bits per heavy atom. The molecule has 0 atom stereocenters. The van der Waals surface area contributed by atoms with Crippen LogP contribution in [-0.4, -0.2) is 22.3 Å². The number of aliphatic hydroxyl groups excluding tert-OH is 1. The van der Waals surface area contributed by atoms with E-state index in [4.69, 9.17) is 10.2 Å². The minimum absolute atomic E-state index is 0.219. The molecular formula is C6H10O3. The Morgan fingerprint density at radius 2 is 2.11 bits per heavy atom. The third-order valence-corrected chi connectivity index (χ3v) is 1.67. The molecule has 0 unspecified atom stereocenters. The average Bonchev–Trinajstić information content (AvgIpc) is 1.60. The summed E-state index contributed by atoms with van der Waals surface area (Å²) in [6.45, 7) is 0. The van der Waals surface area contributed by atoms with Gasteiger partial charge >= 0.3 is 5.97 Å². The zero-order valence-electron chi connectivity index (χ0n) is 5.08. The first kappa shape index (κ1) is 6.55. The molecular weight excluding hydrogens is 120 g/mol. The van der Waals surface area contributed by atoms with E-state index in [-0.39, 0.29) is 18.4 Å². The van der Waals surface area contributed by atoms with Crippen LogP contribution in [-0.2, 0) is 4.79 Å². The van der Waals surface area contributed by atoms with Gasteiger partial charge in [0.1, 0.15) is 0 Å². The van der Waals surface area contributed by atoms with Crippen molar-refractivity contribution in [2.75, 3.05) is 0 Å². The number of rotatable bonds is 2. The van der Waals surface area contributed by atoms with E-state index in [9.17, 15) is 4.79 Å². The average molecular weight is 130 g/mol. The highest BCUT2D eigenvalue weighted by Crippen LogP contribution is 2.29. The Labute approximate surface area is 53.3 Å². The van der Waals surface area contributed by atoms with Crippen LogP contribution in [0.25, 0.3) is 0 Å². The summed E-state index contributed by atoms with van der Waals surface area (Å²) in [6.07, 6.45) is 1.34. The molecule has 0 saturated heterocycles. The van der Waals surface area contributed by atoms with Gasteiger partial charge in [-0.2, -0.15) is 0 Å². The van der Waals surface area contributed by atoms with Crippen molar-refractivity contribution >= 4 is 5.97 Å². The van der Waals surface area contributed by atoms with Gasteiger partial charge in [0.15, 0.2) is 0 Å². The fraction of sp³-hybridized carbons (Fsp3) is 0.833. The lowest BCUT2D eigenvalue weighted by Crippen LogP contribution is -2.29. The van der Waals surface area contributed by atoms with Gasteiger partial charge in [-0.3, -0.25) is 4.79 Å². The van der Waals surface area contributed by atoms with Gasteiger partial charge < -0.3 is 10.2 Å². The van der Waals surface area contributed by atoms with Crippen LogP contribution in [0.15, 0.2) is 0 Å². The van der Waals surface area contributed by atoms with E-state index in [0.717, 1.165) is 0 Å². The minimum atomic E-state index is -0.758. The van der Waals surface area contributed by atoms with Crippen LogP contribution in [0.2, 0.25) is 0 Å². The Balaban J connectivity index is 2.11. The van der Waals surface area contributed by atoms with Crippen LogP contribution in [0.3, 0.4) is 0 Å². The summed E-state index contributed by atoms with van der Waals surface area (Å²) in [6, 6.07) is 0. The topological polar surface area (TPSA) is 57.5 Å². The number of carboxylic acid groups (broad SMARTS) is 1. The summed E-state index contributed by atoms with van der Waals surface area (Å²) in [5.41, 5.74) is 0. The molecule has 0 bridgehead atoms. The molecule has 0 amide bonds. The molecule has 1 rings (SSSR count). The number of hydrogen-bond donors (Lipinski definition) is 2. The van der Waals surface area contributed by atoms with E-state index in [2.05, 4.69) is 0 Å². The van der Waals surface area contributed by atoms with Crippen LogP contribution in [0.1, 0.15) is 19.3 Å². The molecule has 1 saturated carbocycles. The van der Waals surface area contributed by atoms with Crippen LogP contribution in [0.4, 0.5) is 0 Å². The van der Waals surface area contributed by atoms with Crippen molar-refractivity contribution in [1.82, 2.24) is 0 Å². The zero-order valence-corrected chi connectivity index (χ0v) is 5.08. The molecule has 3 nitrogen and oxygen atoms in total. The quantitative estimate of drug-likeness (QED) is 0.562. The Kier molecular flexibility index (Phi) is 1.71. The second-order valence-electron chi connectivity index (χ2n) is 2.59. The van der Waals surface area contributed by atoms with Gasteiger partial charge in [0.25, 0.3) is 0 Å². The first-order valence-electron chi connectivity index (χ1n) is 3.08. The molecule has 52 valence electrons. The molecule has 9 heavy (non-hydrogen) atoms. The molecule has 1 fully saturated rings. The lowest BCUT2D eigenvalue weighted by atomic mass is 9.80. The summed E-state index contributed by atoms with van der Waals surface area (Å²) in [5.74, 6) is -0.524. The second kappa shape index (κ2) is 2.35. The predicted octanol–water partition coefficient (Wildman–Crippen LogP) is 0.232. The highest BCUT2D eigenvalue weighted by atomic mass is 16.4. The molecule has 0 aromatic heterocycles. The molecule has 1 aliphatic rings. The van der Waals surface area contributed by atoms with Crippen LogP contribution < -0.4 is 0 Å². The summed E-state index contributed by atoms with van der Waals surface area (Å²) in [5, 5.41) is 17.0. The highest BCUT2D eigenvalue weighted by molar-refractivity contribution is 5.67. The van der Waals surface area contributed by atoms with E-state index in [1.807, 2.05) is 0 Å². The predicted molar refractivity (Wildman–Crippen MR) is 31.0 cm³/mol. The van der Waals surface area contributed by atoms with E-state index >= 15 is 0 Å². The molecule has 0 radical (unpaired) electrons. The van der Waals surface area contributed by atoms with Gasteiger partial charge in [-0.1, -0.05) is 0 Å². The van der Waals surface area contributed by atoms with E-state index in [1.54, 1.807) is 0 Å². The summed E-state index contributed by atoms with van der Waals surface area (Å²) in [7, 11) is 0. The third kappa shape index (κ3) is 1.68. The van der Waals surface area contributed by atoms with E-state index in [1.165, 1.54) is 0 Å². The molecule has 0 heterocycles. The van der Waals surface area contributed by atoms with E-state index in [0.29, 0.717) is 12.8 Å². The van der Waals surface area contributed by atoms with Crippen LogP contribution in [0.5, 0.6) is 0 Å². The fourth-order valence-corrected chi connectivity index (χ4v) is 1.11. The van der Waals surface area contributed by atoms with Crippen molar-refractivity contribution < 1.29 is 15.0 Å². The first-order chi connectivity index (χ1) is 4.18. The smallest absolute Gasteiger partial charge is 0.303 e. The minimum Gasteiger partial charge on any atom is -0.481 e. The molecule has 3 heteroatoms. The maximum atomic E-state index is 10.0. The summed E-state index contributed by atoms with van der Waals surface area (Å²) in [4.78, 5) is 10.0. The zero-order chi connectivity index (χ0) is 6.85. The molecule has 0 aliphatic heterocycles. The van der Waals surface area contributed by atoms with Crippen LogP contribution >= 0.6 is 0 Å². The van der Waals surface area contributed by atoms with E-state index < -0.39 is 5.97 Å². The first-order valence-corrected chi connectivity index (χ1v) is 3.08. The van der Waals surface area contributed by atoms with Gasteiger partial charge in [-0.05, 0) is 18.8 Å². The van der Waals surface area contributed by atoms with Gasteiger partial charge in [-0.15, -0.1) is 0 Å². The van der Waals surface area contributed by atoms with Crippen molar-refractivity contribution in [1.29, 1.82) is 0 Å². The lowest BCUT2D eigenvalue weighted by molar-refractivity contribution is -0.139. The van der Waals surface area contributed by atoms with Crippen molar-refractivity contribution in [3.05, 3.63) is 0 Å². The van der Waals surface area contributed by atoms with Crippen molar-refractivity contribution in [2.45, 2.75) is 25.4 Å². The molecule has 0 aromatic carbocycles. The number of carboxylic acids is 1. The molecule has 1 aliphatic carbocycles. The number of carbonyl (C=O) groups is 1. The lowest BCUT2D eigenvalue weighted by Gasteiger charge is -2.29. The Morgan fingerprint density at radius 1 is 1.56 bits per heavy atom. The molecule has 0 aromatic rings. The van der Waals surface area contributed by atoms with Gasteiger partial charge in [0, 0.05) is 6.42 Å². The Hall–Kier alpha value is -0.570. The normalized spacial score (nSPS) is 33.4. The maximum absolute atomic E-state index is 10.0. The van der Waals surface area contributed by atoms with Crippen molar-refractivity contribution in [3.63, 3.8) is 0 Å². The summed E-state index contributed by atoms with van der Waals surface area (Å²) < 4.78 is 0. The highest BCUT2D eigenvalue weighted by Gasteiger charge is 2.28. The van der Waals surface area contributed by atoms with Gasteiger partial charge in [-0.25, -0.2) is 0 Å². The standard InChI is InChI=1S/C6H10O3/c7-5-1-4(2-5)3-6(8)9/h4-5,7H,1-3H2,(H,8,9). The van der Waals surface area contributed by atoms with Crippen molar-refractivity contribution in [3.8, 4) is 0 Å². The molecule has 2 N–H and O–H groups in total.